The molecule has 0 saturated heterocycles. The summed E-state index contributed by atoms with van der Waals surface area (Å²) >= 11 is 0. The van der Waals surface area contributed by atoms with Gasteiger partial charge < -0.3 is 20.5 Å². The van der Waals surface area contributed by atoms with E-state index in [1.165, 1.54) is 0 Å². The van der Waals surface area contributed by atoms with Gasteiger partial charge in [0.1, 0.15) is 5.75 Å². The van der Waals surface area contributed by atoms with Crippen molar-refractivity contribution in [1.82, 2.24) is 5.32 Å². The van der Waals surface area contributed by atoms with Crippen LogP contribution in [0.3, 0.4) is 0 Å². The van der Waals surface area contributed by atoms with Crippen molar-refractivity contribution in [1.29, 1.82) is 0 Å². The number of nitrogens with one attached hydrogen (secondary N) is 2. The summed E-state index contributed by atoms with van der Waals surface area (Å²) in [5.74, 6) is -0.188. The topological polar surface area (TPSA) is 87.7 Å². The molecule has 1 aliphatic carbocycles. The van der Waals surface area contributed by atoms with Gasteiger partial charge in [-0.05, 0) is 25.0 Å². The van der Waals surface area contributed by atoms with Crippen LogP contribution < -0.4 is 15.4 Å². The second-order valence-electron chi connectivity index (χ2n) is 5.33. The minimum Gasteiger partial charge on any atom is -0.497 e. The van der Waals surface area contributed by atoms with E-state index in [0.29, 0.717) is 24.3 Å². The summed E-state index contributed by atoms with van der Waals surface area (Å²) in [6.45, 7) is 0.151. The first kappa shape index (κ1) is 15.2. The van der Waals surface area contributed by atoms with Crippen molar-refractivity contribution in [3.63, 3.8) is 0 Å². The Morgan fingerprint density at radius 3 is 2.67 bits per heavy atom. The van der Waals surface area contributed by atoms with Crippen molar-refractivity contribution in [3.8, 4) is 5.75 Å². The number of benzene rings is 1. The first-order valence-corrected chi connectivity index (χ1v) is 6.98. The molecule has 2 amide bonds. The Morgan fingerprint density at radius 1 is 1.33 bits per heavy atom. The number of hydrogen-bond acceptors (Lipinski definition) is 3. The van der Waals surface area contributed by atoms with Crippen LogP contribution in [0, 0.1) is 5.41 Å². The van der Waals surface area contributed by atoms with E-state index in [1.54, 1.807) is 31.4 Å². The number of carboxylic acids is 1. The molecule has 1 saturated carbocycles. The summed E-state index contributed by atoms with van der Waals surface area (Å²) in [7, 11) is 1.55. The largest absolute Gasteiger partial charge is 0.497 e. The van der Waals surface area contributed by atoms with Crippen LogP contribution in [0.4, 0.5) is 10.5 Å². The molecule has 1 fully saturated rings. The number of rotatable bonds is 5. The summed E-state index contributed by atoms with van der Waals surface area (Å²) in [6, 6.07) is 6.58. The lowest BCUT2D eigenvalue weighted by Gasteiger charge is -2.24. The highest BCUT2D eigenvalue weighted by atomic mass is 16.5. The van der Waals surface area contributed by atoms with Gasteiger partial charge in [-0.2, -0.15) is 0 Å². The van der Waals surface area contributed by atoms with Crippen LogP contribution in [0.5, 0.6) is 5.75 Å². The van der Waals surface area contributed by atoms with Crippen LogP contribution in [-0.4, -0.2) is 30.8 Å². The number of hydrogen-bond donors (Lipinski definition) is 3. The van der Waals surface area contributed by atoms with Crippen LogP contribution in [0.15, 0.2) is 24.3 Å². The molecule has 1 aliphatic rings. The Morgan fingerprint density at radius 2 is 2.05 bits per heavy atom. The van der Waals surface area contributed by atoms with Crippen molar-refractivity contribution in [3.05, 3.63) is 24.3 Å². The second kappa shape index (κ2) is 6.47. The zero-order valence-electron chi connectivity index (χ0n) is 12.0. The van der Waals surface area contributed by atoms with E-state index in [2.05, 4.69) is 10.6 Å². The molecule has 0 heterocycles. The predicted molar refractivity (Wildman–Crippen MR) is 78.6 cm³/mol. The number of ether oxygens (including phenoxy) is 1. The number of amides is 2. The summed E-state index contributed by atoms with van der Waals surface area (Å²) < 4.78 is 5.08. The summed E-state index contributed by atoms with van der Waals surface area (Å²) in [4.78, 5) is 23.3. The minimum absolute atomic E-state index is 0.151. The molecule has 0 radical (unpaired) electrons. The third-order valence-electron chi connectivity index (χ3n) is 3.93. The van der Waals surface area contributed by atoms with Crippen molar-refractivity contribution < 1.29 is 19.4 Å². The first-order chi connectivity index (χ1) is 10.1. The third-order valence-corrected chi connectivity index (χ3v) is 3.93. The number of carbonyl (C=O) groups is 2. The highest BCUT2D eigenvalue weighted by Crippen LogP contribution is 2.37. The minimum atomic E-state index is -0.832. The lowest BCUT2D eigenvalue weighted by Crippen LogP contribution is -2.42. The van der Waals surface area contributed by atoms with Crippen LogP contribution >= 0.6 is 0 Å². The summed E-state index contributed by atoms with van der Waals surface area (Å²) in [6.07, 6.45) is 3.01. The van der Waals surface area contributed by atoms with Gasteiger partial charge in [0, 0.05) is 18.3 Å². The van der Waals surface area contributed by atoms with E-state index in [0.717, 1.165) is 12.8 Å². The zero-order valence-corrected chi connectivity index (χ0v) is 12.0. The predicted octanol–water partition coefficient (Wildman–Crippen LogP) is 2.46. The molecule has 0 bridgehead atoms. The molecule has 21 heavy (non-hydrogen) atoms. The molecule has 2 rings (SSSR count). The molecule has 114 valence electrons. The Kier molecular flexibility index (Phi) is 4.67. The van der Waals surface area contributed by atoms with Gasteiger partial charge in [-0.25, -0.2) is 4.79 Å². The molecular weight excluding hydrogens is 272 g/mol. The first-order valence-electron chi connectivity index (χ1n) is 6.98. The van der Waals surface area contributed by atoms with Gasteiger partial charge in [-0.3, -0.25) is 4.79 Å². The van der Waals surface area contributed by atoms with E-state index in [4.69, 9.17) is 4.74 Å². The molecule has 0 spiro atoms. The number of aliphatic carboxylic acids is 1. The molecule has 3 N–H and O–H groups in total. The average Bonchev–Trinajstić information content (AvgIpc) is 2.95. The standard InChI is InChI=1S/C15H20N2O4/c1-21-12-6-4-5-11(9-12)17-14(20)16-10-15(13(18)19)7-2-3-8-15/h4-6,9H,2-3,7-8,10H2,1H3,(H,18,19)(H2,16,17,20). The van der Waals surface area contributed by atoms with E-state index < -0.39 is 17.4 Å². The lowest BCUT2D eigenvalue weighted by molar-refractivity contribution is -0.148. The van der Waals surface area contributed by atoms with Gasteiger partial charge in [-0.15, -0.1) is 0 Å². The van der Waals surface area contributed by atoms with Crippen LogP contribution in [0.2, 0.25) is 0 Å². The van der Waals surface area contributed by atoms with Crippen LogP contribution in [0.25, 0.3) is 0 Å². The van der Waals surface area contributed by atoms with Gasteiger partial charge >= 0.3 is 12.0 Å². The smallest absolute Gasteiger partial charge is 0.319 e. The Labute approximate surface area is 123 Å². The summed E-state index contributed by atoms with van der Waals surface area (Å²) in [5.41, 5.74) is -0.214. The van der Waals surface area contributed by atoms with Crippen molar-refractivity contribution in [2.75, 3.05) is 19.0 Å². The molecule has 1 aromatic carbocycles. The molecule has 0 aromatic heterocycles. The number of carbonyl (C=O) groups excluding carboxylic acids is 1. The van der Waals surface area contributed by atoms with Crippen LogP contribution in [0.1, 0.15) is 25.7 Å². The van der Waals surface area contributed by atoms with Crippen molar-refractivity contribution in [2.45, 2.75) is 25.7 Å². The fraction of sp³-hybridized carbons (Fsp3) is 0.467. The maximum absolute atomic E-state index is 11.9. The molecule has 0 aliphatic heterocycles. The average molecular weight is 292 g/mol. The van der Waals surface area contributed by atoms with Gasteiger partial charge in [0.05, 0.1) is 12.5 Å². The number of urea groups is 1. The number of carboxylic acid groups (broad SMARTS) is 1. The van der Waals surface area contributed by atoms with Crippen LogP contribution in [-0.2, 0) is 4.79 Å². The van der Waals surface area contributed by atoms with Crippen molar-refractivity contribution in [2.24, 2.45) is 5.41 Å². The van der Waals surface area contributed by atoms with E-state index in [1.807, 2.05) is 0 Å². The Bertz CT molecular complexity index is 524. The monoisotopic (exact) mass is 292 g/mol. The lowest BCUT2D eigenvalue weighted by atomic mass is 9.86. The highest BCUT2D eigenvalue weighted by Gasteiger charge is 2.41. The molecule has 6 nitrogen and oxygen atoms in total. The van der Waals surface area contributed by atoms with Gasteiger partial charge in [-0.1, -0.05) is 18.9 Å². The Balaban J connectivity index is 1.91. The van der Waals surface area contributed by atoms with Gasteiger partial charge in [0.25, 0.3) is 0 Å². The van der Waals surface area contributed by atoms with E-state index in [-0.39, 0.29) is 6.54 Å². The fourth-order valence-corrected chi connectivity index (χ4v) is 2.64. The SMILES string of the molecule is COc1cccc(NC(=O)NCC2(C(=O)O)CCCC2)c1. The van der Waals surface area contributed by atoms with Gasteiger partial charge in [0.2, 0.25) is 0 Å². The summed E-state index contributed by atoms with van der Waals surface area (Å²) in [5, 5.41) is 14.7. The zero-order chi connectivity index (χ0) is 15.3. The third kappa shape index (κ3) is 3.65. The second-order valence-corrected chi connectivity index (χ2v) is 5.33. The fourth-order valence-electron chi connectivity index (χ4n) is 2.64. The maximum Gasteiger partial charge on any atom is 0.319 e. The Hall–Kier alpha value is -2.24. The molecule has 1 aromatic rings. The molecule has 0 unspecified atom stereocenters. The number of anilines is 1. The normalized spacial score (nSPS) is 16.2. The van der Waals surface area contributed by atoms with Gasteiger partial charge in [0.15, 0.2) is 0 Å². The van der Waals surface area contributed by atoms with E-state index in [9.17, 15) is 14.7 Å². The maximum atomic E-state index is 11.9. The highest BCUT2D eigenvalue weighted by molar-refractivity contribution is 5.90. The molecule has 0 atom stereocenters. The van der Waals surface area contributed by atoms with Crippen molar-refractivity contribution >= 4 is 17.7 Å². The number of methoxy groups -OCH3 is 1. The molecular formula is C15H20N2O4. The molecule has 6 heteroatoms. The van der Waals surface area contributed by atoms with E-state index >= 15 is 0 Å². The quantitative estimate of drug-likeness (QED) is 0.778.